The average Bonchev–Trinajstić information content (AvgIpc) is 3.71. The number of carbonyl (C=O) groups is 1. The molecule has 55 heavy (non-hydrogen) atoms. The number of nitrogens with zero attached hydrogens (tertiary/aromatic N) is 2. The van der Waals surface area contributed by atoms with Crippen LogP contribution in [0.3, 0.4) is 0 Å². The van der Waals surface area contributed by atoms with Gasteiger partial charge in [-0.05, 0) is 88.5 Å². The van der Waals surface area contributed by atoms with Crippen molar-refractivity contribution >= 4 is 37.1 Å². The Hall–Kier alpha value is -4.21. The topological polar surface area (TPSA) is 207 Å². The number of primary amides is 1. The molecule has 305 valence electrons. The zero-order valence-electron chi connectivity index (χ0n) is 30.0. The van der Waals surface area contributed by atoms with E-state index in [1.54, 1.807) is 0 Å². The first-order valence-electron chi connectivity index (χ1n) is 17.5. The van der Waals surface area contributed by atoms with Crippen molar-refractivity contribution in [3.05, 3.63) is 67.8 Å². The molecule has 6 N–H and O–H groups in total. The van der Waals surface area contributed by atoms with Gasteiger partial charge in [0.25, 0.3) is 11.4 Å². The minimum atomic E-state index is -4.81. The van der Waals surface area contributed by atoms with Crippen LogP contribution in [0, 0.1) is 20.2 Å². The summed E-state index contributed by atoms with van der Waals surface area (Å²) in [6.07, 6.45) is -1.30. The minimum Gasteiger partial charge on any atom is -0.382 e. The number of alkyl halides is 6. The molecule has 14 nitrogen and oxygen atoms in total. The lowest BCUT2D eigenvalue weighted by Gasteiger charge is -2.29. The summed E-state index contributed by atoms with van der Waals surface area (Å²) < 4.78 is 93.7. The van der Waals surface area contributed by atoms with Gasteiger partial charge in [-0.3, -0.25) is 25.0 Å². The van der Waals surface area contributed by atoms with Crippen LogP contribution < -0.4 is 22.1 Å². The van der Waals surface area contributed by atoms with Gasteiger partial charge in [-0.25, -0.2) is 0 Å². The molecule has 2 saturated carbocycles. The van der Waals surface area contributed by atoms with E-state index in [1.165, 1.54) is 25.0 Å². The number of amides is 1. The number of nitrogens with one attached hydrogen (secondary N) is 2. The highest BCUT2D eigenvalue weighted by atomic mass is 19.4. The van der Waals surface area contributed by atoms with Crippen LogP contribution in [0.2, 0.25) is 0 Å². The Morgan fingerprint density at radius 1 is 0.745 bits per heavy atom. The Balaban J connectivity index is 0.000000331. The quantitative estimate of drug-likeness (QED) is 0.0783. The maximum Gasteiger partial charge on any atom is 0.423 e. The van der Waals surface area contributed by atoms with Crippen LogP contribution in [0.15, 0.2) is 36.4 Å². The van der Waals surface area contributed by atoms with Gasteiger partial charge in [-0.2, -0.15) is 26.3 Å². The van der Waals surface area contributed by atoms with Gasteiger partial charge in [-0.1, -0.05) is 0 Å². The van der Waals surface area contributed by atoms with Crippen LogP contribution in [0.1, 0.15) is 75.3 Å². The van der Waals surface area contributed by atoms with Crippen molar-refractivity contribution < 1.29 is 55.2 Å². The third-order valence-electron chi connectivity index (χ3n) is 8.85. The van der Waals surface area contributed by atoms with Gasteiger partial charge in [0.2, 0.25) is 5.91 Å². The molecule has 2 aliphatic carbocycles. The van der Waals surface area contributed by atoms with Gasteiger partial charge < -0.3 is 36.3 Å². The van der Waals surface area contributed by atoms with Crippen LogP contribution in [-0.4, -0.2) is 81.4 Å². The Bertz CT molecular complexity index is 1510. The summed E-state index contributed by atoms with van der Waals surface area (Å²) in [6, 6.07) is 5.82. The number of carbonyl (C=O) groups excluding carboxylic acids is 1. The summed E-state index contributed by atoms with van der Waals surface area (Å²) in [5.74, 6) is -0.550. The summed E-state index contributed by atoms with van der Waals surface area (Å²) in [5, 5.41) is 27.5. The van der Waals surface area contributed by atoms with Crippen LogP contribution in [0.4, 0.5) is 49.1 Å². The van der Waals surface area contributed by atoms with Gasteiger partial charge >= 0.3 is 12.4 Å². The van der Waals surface area contributed by atoms with Gasteiger partial charge in [0.1, 0.15) is 17.7 Å². The first kappa shape index (κ1) is 46.9. The predicted octanol–water partition coefficient (Wildman–Crippen LogP) is 6.57. The lowest BCUT2D eigenvalue weighted by atomic mass is 9.92. The average molecular weight is 792 g/mol. The van der Waals surface area contributed by atoms with Crippen molar-refractivity contribution in [3.8, 4) is 0 Å². The zero-order valence-corrected chi connectivity index (χ0v) is 30.0. The molecule has 1 saturated heterocycles. The van der Waals surface area contributed by atoms with Crippen molar-refractivity contribution in [2.75, 3.05) is 43.6 Å². The summed E-state index contributed by atoms with van der Waals surface area (Å²) in [7, 11) is 0. The molecule has 0 bridgehead atoms. The number of ether oxygens (including phenoxy) is 3. The molecule has 1 heterocycles. The molecule has 3 aliphatic rings. The van der Waals surface area contributed by atoms with E-state index in [1.807, 2.05) is 0 Å². The minimum absolute atomic E-state index is 0. The molecule has 0 aromatic heterocycles. The second-order valence-electron chi connectivity index (χ2n) is 13.0. The fraction of sp³-hybridized carbons (Fsp3) is 0.618. The Morgan fingerprint density at radius 2 is 1.15 bits per heavy atom. The smallest absolute Gasteiger partial charge is 0.382 e. The Kier molecular flexibility index (Phi) is 19.1. The number of anilines is 2. The van der Waals surface area contributed by atoms with Crippen molar-refractivity contribution in [1.82, 2.24) is 0 Å². The highest BCUT2D eigenvalue weighted by molar-refractivity contribution is 5.75. The monoisotopic (exact) mass is 791 g/mol. The molecule has 0 spiro atoms. The van der Waals surface area contributed by atoms with Crippen molar-refractivity contribution in [2.24, 2.45) is 11.5 Å². The predicted molar refractivity (Wildman–Crippen MR) is 191 cm³/mol. The van der Waals surface area contributed by atoms with E-state index in [2.05, 4.69) is 10.6 Å². The van der Waals surface area contributed by atoms with E-state index < -0.39 is 50.6 Å². The summed E-state index contributed by atoms with van der Waals surface area (Å²) >= 11 is 0. The zero-order chi connectivity index (χ0) is 39.9. The van der Waals surface area contributed by atoms with Crippen LogP contribution in [0.25, 0.3) is 0 Å². The molecule has 21 heteroatoms. The van der Waals surface area contributed by atoms with Crippen molar-refractivity contribution in [2.45, 2.75) is 101 Å². The van der Waals surface area contributed by atoms with Crippen LogP contribution in [0.5, 0.6) is 0 Å². The molecule has 2 aromatic carbocycles. The molecule has 0 atom stereocenters. The highest BCUT2D eigenvalue weighted by Gasteiger charge is 2.39. The number of rotatable bonds is 12. The number of nitrogens with two attached hydrogens (primary N) is 2. The van der Waals surface area contributed by atoms with E-state index in [-0.39, 0.29) is 50.7 Å². The summed E-state index contributed by atoms with van der Waals surface area (Å²) in [4.78, 5) is 30.1. The molecule has 2 aromatic rings. The van der Waals surface area contributed by atoms with E-state index in [9.17, 15) is 51.4 Å². The van der Waals surface area contributed by atoms with Gasteiger partial charge in [-0.15, -0.1) is 0 Å². The molecule has 3 fully saturated rings. The third kappa shape index (κ3) is 16.2. The van der Waals surface area contributed by atoms with Gasteiger partial charge in [0.15, 0.2) is 0 Å². The number of nitro benzene ring substituents is 2. The van der Waals surface area contributed by atoms with Gasteiger partial charge in [0, 0.05) is 63.8 Å². The van der Waals surface area contributed by atoms with E-state index in [0.717, 1.165) is 63.2 Å². The molecule has 1 amide bonds. The molecule has 5 rings (SSSR count). The van der Waals surface area contributed by atoms with Crippen LogP contribution >= 0.6 is 0 Å². The first-order chi connectivity index (χ1) is 25.5. The van der Waals surface area contributed by atoms with Gasteiger partial charge in [0.05, 0.1) is 28.7 Å². The van der Waals surface area contributed by atoms with E-state index in [0.29, 0.717) is 38.8 Å². The fourth-order valence-electron chi connectivity index (χ4n) is 6.19. The Labute approximate surface area is 315 Å². The standard InChI is InChI=1S/C15H18F3N3O4.C15H20F3N3O3.C4H8O.B/c16-15(17,18)12-7-10(3-6-13(12)21(23)24)20-9-1-4-11(5-2-9)25-8-14(19)22;16-15(17,18)13-9-11(3-6-14(13)21(22)23)20-10-1-4-12(5-2-10)24-8-7-19;1-2-4-5-3-1;/h3,6-7,9,11,20H,1-2,4-5,8H2,(H2,19,22);3,6,9-10,12,20H,1-2,4-5,7-8,19H2;1-4H2;. The number of nitro groups is 2. The molecular weight excluding hydrogens is 745 g/mol. The molecule has 1 aliphatic heterocycles. The summed E-state index contributed by atoms with van der Waals surface area (Å²) in [5.41, 5.74) is 6.38. The second kappa shape index (κ2) is 22.4. The largest absolute Gasteiger partial charge is 0.423 e. The van der Waals surface area contributed by atoms with E-state index in [4.69, 9.17) is 25.7 Å². The second-order valence-corrected chi connectivity index (χ2v) is 13.0. The molecule has 3 radical (unpaired) electrons. The normalized spacial score (nSPS) is 21.1. The van der Waals surface area contributed by atoms with Crippen LogP contribution in [-0.2, 0) is 31.4 Å². The number of halogens is 6. The first-order valence-corrected chi connectivity index (χ1v) is 17.5. The van der Waals surface area contributed by atoms with Crippen molar-refractivity contribution in [3.63, 3.8) is 0 Å². The number of hydrogen-bond acceptors (Lipinski definition) is 11. The maximum absolute atomic E-state index is 13.0. The van der Waals surface area contributed by atoms with Crippen molar-refractivity contribution in [1.29, 1.82) is 0 Å². The fourth-order valence-corrected chi connectivity index (χ4v) is 6.19. The molecular formula is C34H46BF6N6O8. The third-order valence-corrected chi connectivity index (χ3v) is 8.85. The number of hydrogen-bond donors (Lipinski definition) is 4. The lowest BCUT2D eigenvalue weighted by molar-refractivity contribution is -0.388. The number of benzene rings is 2. The lowest BCUT2D eigenvalue weighted by Crippen LogP contribution is -2.32. The van der Waals surface area contributed by atoms with E-state index >= 15 is 0 Å². The maximum atomic E-state index is 13.0. The SMILES string of the molecule is C1CCOC1.NC(=O)COC1CCC(Nc2ccc([N+](=O)[O-])c(C(F)(F)F)c2)CC1.NCCOC1CCC(Nc2ccc([N+](=O)[O-])c(C(F)(F)F)c2)CC1.[B]. The Morgan fingerprint density at radius 3 is 1.45 bits per heavy atom. The highest BCUT2D eigenvalue weighted by Crippen LogP contribution is 2.39. The summed E-state index contributed by atoms with van der Waals surface area (Å²) in [6.45, 7) is 2.81. The molecule has 0 unspecified atom stereocenters.